The van der Waals surface area contributed by atoms with E-state index in [-0.39, 0.29) is 39.4 Å². The summed E-state index contributed by atoms with van der Waals surface area (Å²) in [5.74, 6) is -0.973. The minimum atomic E-state index is -1.50. The molecule has 0 spiro atoms. The molecule has 4 aromatic rings. The Morgan fingerprint density at radius 2 is 0.854 bits per heavy atom. The molecule has 1 N–H and O–H groups in total. The van der Waals surface area contributed by atoms with Gasteiger partial charge in [0, 0.05) is 57.6 Å². The van der Waals surface area contributed by atoms with Crippen LogP contribution in [0.5, 0.6) is 0 Å². The fourth-order valence-corrected chi connectivity index (χ4v) is 4.50. The number of carbonyl (C=O) groups excluding carboxylic acids is 3. The van der Waals surface area contributed by atoms with Gasteiger partial charge in [-0.1, -0.05) is 48.5 Å². The van der Waals surface area contributed by atoms with Crippen molar-refractivity contribution >= 4 is 28.7 Å². The van der Waals surface area contributed by atoms with Crippen LogP contribution in [-0.2, 0) is 6.42 Å². The first-order chi connectivity index (χ1) is 19.5. The number of carbonyl (C=O) groups is 3. The van der Waals surface area contributed by atoms with Gasteiger partial charge in [0.05, 0.1) is 9.85 Å². The van der Waals surface area contributed by atoms with Crippen molar-refractivity contribution in [2.45, 2.75) is 6.42 Å². The predicted octanol–water partition coefficient (Wildman–Crippen LogP) is 4.75. The quantitative estimate of drug-likeness (QED) is 0.229. The molecule has 6 rings (SSSR count). The minimum absolute atomic E-state index is 0.0527. The molecule has 13 heteroatoms. The Balaban J connectivity index is 0.000000176. The Morgan fingerprint density at radius 1 is 0.512 bits per heavy atom. The summed E-state index contributed by atoms with van der Waals surface area (Å²) >= 11 is 0. The highest BCUT2D eigenvalue weighted by atomic mass is 16.9. The summed E-state index contributed by atoms with van der Waals surface area (Å²) in [4.78, 5) is 65.4. The maximum Gasteiger partial charge on any atom is 0.291 e. The van der Waals surface area contributed by atoms with Gasteiger partial charge in [-0.15, -0.1) is 10.1 Å². The number of nitro groups is 2. The van der Waals surface area contributed by atoms with Crippen LogP contribution in [0.4, 0.5) is 11.4 Å². The average molecular weight is 555 g/mol. The van der Waals surface area contributed by atoms with Gasteiger partial charge >= 0.3 is 0 Å². The van der Waals surface area contributed by atoms with Crippen molar-refractivity contribution in [2.75, 3.05) is 0 Å². The Bertz CT molecular complexity index is 1660. The van der Waals surface area contributed by atoms with Crippen LogP contribution < -0.4 is 0 Å². The highest BCUT2D eigenvalue weighted by Crippen LogP contribution is 2.32. The van der Waals surface area contributed by atoms with Crippen molar-refractivity contribution in [1.29, 1.82) is 0 Å². The monoisotopic (exact) mass is 555 g/mol. The molecule has 0 saturated carbocycles. The van der Waals surface area contributed by atoms with E-state index in [4.69, 9.17) is 15.3 Å². The van der Waals surface area contributed by atoms with Crippen LogP contribution in [0.2, 0.25) is 0 Å². The van der Waals surface area contributed by atoms with Crippen LogP contribution in [0.3, 0.4) is 0 Å². The first kappa shape index (κ1) is 27.9. The number of non-ortho nitro benzene ring substituents is 2. The van der Waals surface area contributed by atoms with Crippen LogP contribution >= 0.6 is 0 Å². The van der Waals surface area contributed by atoms with E-state index in [1.54, 1.807) is 0 Å². The molecule has 0 atom stereocenters. The lowest BCUT2D eigenvalue weighted by Crippen LogP contribution is -2.21. The molecule has 0 heterocycles. The van der Waals surface area contributed by atoms with Gasteiger partial charge in [-0.05, 0) is 29.7 Å². The van der Waals surface area contributed by atoms with E-state index < -0.39 is 26.5 Å². The zero-order valence-corrected chi connectivity index (χ0v) is 20.8. The van der Waals surface area contributed by atoms with Crippen molar-refractivity contribution in [3.63, 3.8) is 0 Å². The summed E-state index contributed by atoms with van der Waals surface area (Å²) in [7, 11) is 0. The molecular weight excluding hydrogens is 538 g/mol. The molecule has 0 fully saturated rings. The van der Waals surface area contributed by atoms with Crippen molar-refractivity contribution in [3.8, 4) is 0 Å². The summed E-state index contributed by atoms with van der Waals surface area (Å²) in [6.45, 7) is 0. The summed E-state index contributed by atoms with van der Waals surface area (Å²) < 4.78 is 0. The molecule has 41 heavy (non-hydrogen) atoms. The first-order valence-electron chi connectivity index (χ1n) is 11.7. The van der Waals surface area contributed by atoms with E-state index in [1.165, 1.54) is 12.1 Å². The molecule has 0 amide bonds. The number of ketones is 3. The Kier molecular flexibility index (Phi) is 7.71. The smallest absolute Gasteiger partial charge is 0.291 e. The lowest BCUT2D eigenvalue weighted by molar-refractivity contribution is -0.742. The molecule has 0 aliphatic heterocycles. The normalized spacial score (nSPS) is 12.1. The molecular formula is C28H17N3O10. The van der Waals surface area contributed by atoms with Gasteiger partial charge in [-0.3, -0.25) is 34.6 Å². The fraction of sp³-hybridized carbons (Fsp3) is 0.0357. The van der Waals surface area contributed by atoms with Crippen LogP contribution in [0.25, 0.3) is 0 Å². The largest absolute Gasteiger partial charge is 0.328 e. The zero-order chi connectivity index (χ0) is 29.8. The van der Waals surface area contributed by atoms with Crippen LogP contribution in [0.1, 0.15) is 58.9 Å². The number of hydrogen-bond acceptors (Lipinski definition) is 9. The lowest BCUT2D eigenvalue weighted by Gasteiger charge is -2.17. The highest BCUT2D eigenvalue weighted by Gasteiger charge is 2.32. The maximum absolute atomic E-state index is 12.4. The minimum Gasteiger partial charge on any atom is -0.328 e. The number of nitrogens with zero attached hydrogens (tertiary/aromatic N) is 3. The van der Waals surface area contributed by atoms with Gasteiger partial charge in [0.1, 0.15) is 0 Å². The lowest BCUT2D eigenvalue weighted by atomic mass is 9.83. The maximum atomic E-state index is 12.4. The van der Waals surface area contributed by atoms with Gasteiger partial charge in [-0.2, -0.15) is 0 Å². The van der Waals surface area contributed by atoms with Crippen LogP contribution in [0, 0.1) is 30.3 Å². The van der Waals surface area contributed by atoms with Gasteiger partial charge in [0.25, 0.3) is 16.5 Å². The molecule has 4 aromatic carbocycles. The predicted molar refractivity (Wildman–Crippen MR) is 141 cm³/mol. The van der Waals surface area contributed by atoms with E-state index in [0.29, 0.717) is 0 Å². The molecule has 204 valence electrons. The summed E-state index contributed by atoms with van der Waals surface area (Å²) in [5.41, 5.74) is 3.21. The van der Waals surface area contributed by atoms with Gasteiger partial charge < -0.3 is 5.21 Å². The van der Waals surface area contributed by atoms with E-state index >= 15 is 0 Å². The molecule has 0 aromatic heterocycles. The number of fused-ring (bicyclic) bond motifs is 4. The number of benzene rings is 4. The van der Waals surface area contributed by atoms with Crippen molar-refractivity contribution in [2.24, 2.45) is 0 Å². The van der Waals surface area contributed by atoms with E-state index in [0.717, 1.165) is 52.9 Å². The standard InChI is InChI=1S/C14H6N2O6.C14H10O.HNO3/c17-13-9-3-1-7(15(19)20)5-11(9)14(18)12-6-8(16(21)22)2-4-10(12)13;15-14-12-7-3-1-5-10(12)9-11-6-2-4-8-13(11)14;2-1(3)4/h1-6H;1-8H,9H2;(H,2,3,4). The molecule has 2 aliphatic rings. The second-order valence-electron chi connectivity index (χ2n) is 8.69. The molecule has 0 radical (unpaired) electrons. The summed E-state index contributed by atoms with van der Waals surface area (Å²) in [6.07, 6.45) is 0.873. The molecule has 0 unspecified atom stereocenters. The second-order valence-corrected chi connectivity index (χ2v) is 8.69. The molecule has 0 bridgehead atoms. The molecule has 0 saturated heterocycles. The molecule has 2 aliphatic carbocycles. The fourth-order valence-electron chi connectivity index (χ4n) is 4.50. The van der Waals surface area contributed by atoms with Crippen LogP contribution in [-0.4, -0.2) is 37.5 Å². The number of hydrogen-bond donors (Lipinski definition) is 1. The SMILES string of the molecule is O=C1c2ccc([N+](=O)[O-])cc2C(=O)c2cc([N+](=O)[O-])ccc21.O=C1c2ccccc2Cc2ccccc21.O=[N+]([O-])O. The van der Waals surface area contributed by atoms with Crippen LogP contribution in [0.15, 0.2) is 84.9 Å². The van der Waals surface area contributed by atoms with Crippen molar-refractivity contribution in [3.05, 3.63) is 160 Å². The second kappa shape index (κ2) is 11.3. The zero-order valence-electron chi connectivity index (χ0n) is 20.8. The summed E-state index contributed by atoms with van der Waals surface area (Å²) in [5, 5.41) is 35.2. The first-order valence-corrected chi connectivity index (χ1v) is 11.7. The Hall–Kier alpha value is -6.11. The Morgan fingerprint density at radius 3 is 1.24 bits per heavy atom. The third-order valence-corrected chi connectivity index (χ3v) is 6.31. The third-order valence-electron chi connectivity index (χ3n) is 6.31. The van der Waals surface area contributed by atoms with E-state index in [9.17, 15) is 34.6 Å². The van der Waals surface area contributed by atoms with E-state index in [2.05, 4.69) is 0 Å². The highest BCUT2D eigenvalue weighted by molar-refractivity contribution is 6.28. The van der Waals surface area contributed by atoms with Gasteiger partial charge in [0.2, 0.25) is 0 Å². The van der Waals surface area contributed by atoms with E-state index in [1.807, 2.05) is 48.5 Å². The number of nitro benzene ring substituents is 2. The topological polar surface area (TPSA) is 201 Å². The average Bonchev–Trinajstić information content (AvgIpc) is 2.95. The van der Waals surface area contributed by atoms with Crippen molar-refractivity contribution < 1.29 is 34.5 Å². The van der Waals surface area contributed by atoms with Gasteiger partial charge in [0.15, 0.2) is 17.3 Å². The molecule has 13 nitrogen and oxygen atoms in total. The third kappa shape index (κ3) is 5.68. The number of rotatable bonds is 2. The van der Waals surface area contributed by atoms with Crippen molar-refractivity contribution in [1.82, 2.24) is 0 Å². The summed E-state index contributed by atoms with van der Waals surface area (Å²) in [6, 6.07) is 22.4. The Labute approximate surface area is 229 Å². The van der Waals surface area contributed by atoms with Gasteiger partial charge in [-0.25, -0.2) is 0 Å².